The zero-order valence-corrected chi connectivity index (χ0v) is 14.5. The first-order valence-electron chi connectivity index (χ1n) is 6.14. The number of aliphatic carboxylic acids is 1. The maximum absolute atomic E-state index is 11.0. The number of carbonyl (C=O) groups is 1. The van der Waals surface area contributed by atoms with E-state index in [1.165, 1.54) is 25.1 Å². The lowest BCUT2D eigenvalue weighted by atomic mass is 9.93. The first-order chi connectivity index (χ1) is 11.1. The lowest BCUT2D eigenvalue weighted by Gasteiger charge is -2.23. The molecule has 1 rings (SSSR count). The molecule has 15 heteroatoms. The van der Waals surface area contributed by atoms with Crippen molar-refractivity contribution in [1.82, 2.24) is 5.43 Å². The van der Waals surface area contributed by atoms with E-state index in [0.717, 1.165) is 0 Å². The van der Waals surface area contributed by atoms with Crippen LogP contribution in [0.3, 0.4) is 0 Å². The number of carboxylic acids is 1. The van der Waals surface area contributed by atoms with Gasteiger partial charge in [0, 0.05) is 6.42 Å². The van der Waals surface area contributed by atoms with Crippen LogP contribution in [0.4, 0.5) is 0 Å². The Balaban J connectivity index is 0.000000547. The number of hydrazine groups is 1. The molecule has 0 saturated heterocycles. The van der Waals surface area contributed by atoms with Crippen LogP contribution in [0.25, 0.3) is 0 Å². The Kier molecular flexibility index (Phi) is 8.18. The molecule has 0 bridgehead atoms. The van der Waals surface area contributed by atoms with E-state index in [2.05, 4.69) is 9.74 Å². The van der Waals surface area contributed by atoms with E-state index in [1.54, 1.807) is 0 Å². The van der Waals surface area contributed by atoms with Crippen molar-refractivity contribution in [2.24, 2.45) is 5.84 Å². The third-order valence-electron chi connectivity index (χ3n) is 2.60. The van der Waals surface area contributed by atoms with Gasteiger partial charge in [0.2, 0.25) is 0 Å². The van der Waals surface area contributed by atoms with Crippen molar-refractivity contribution in [2.45, 2.75) is 18.9 Å². The average Bonchev–Trinajstić information content (AvgIpc) is 2.39. The third kappa shape index (κ3) is 9.51. The van der Waals surface area contributed by atoms with Gasteiger partial charge in [-0.3, -0.25) is 10.6 Å². The molecule has 0 radical (unpaired) electrons. The zero-order chi connectivity index (χ0) is 20.1. The Bertz CT molecular complexity index is 680. The molecule has 25 heavy (non-hydrogen) atoms. The van der Waals surface area contributed by atoms with Crippen LogP contribution in [0.15, 0.2) is 18.2 Å². The molecular weight excluding hydrogens is 386 g/mol. The molecule has 1 atom stereocenters. The maximum Gasteiger partial charge on any atom is 0.478 e. The van der Waals surface area contributed by atoms with Gasteiger partial charge < -0.3 is 34.9 Å². The molecule has 0 aliphatic rings. The SMILES string of the molecule is C[C@@](Cc1ccc(O)c(O)c1)(NN)C(=O)O.O=P(O)(O)OP(=O)(O)O. The van der Waals surface area contributed by atoms with Crippen LogP contribution >= 0.6 is 15.6 Å². The van der Waals surface area contributed by atoms with Gasteiger partial charge >= 0.3 is 21.6 Å². The number of hydrogen-bond donors (Lipinski definition) is 9. The van der Waals surface area contributed by atoms with E-state index < -0.39 is 27.2 Å². The van der Waals surface area contributed by atoms with E-state index in [9.17, 15) is 19.0 Å². The largest absolute Gasteiger partial charge is 0.504 e. The van der Waals surface area contributed by atoms with Gasteiger partial charge in [-0.1, -0.05) is 6.07 Å². The van der Waals surface area contributed by atoms with Gasteiger partial charge in [0.25, 0.3) is 0 Å². The highest BCUT2D eigenvalue weighted by Gasteiger charge is 2.32. The number of aromatic hydroxyl groups is 2. The highest BCUT2D eigenvalue weighted by molar-refractivity contribution is 7.60. The monoisotopic (exact) mass is 404 g/mol. The van der Waals surface area contributed by atoms with Crippen LogP contribution < -0.4 is 11.3 Å². The molecule has 0 aliphatic carbocycles. The summed E-state index contributed by atoms with van der Waals surface area (Å²) in [6, 6.07) is 4.12. The van der Waals surface area contributed by atoms with Gasteiger partial charge in [-0.25, -0.2) is 14.6 Å². The fourth-order valence-electron chi connectivity index (χ4n) is 1.41. The lowest BCUT2D eigenvalue weighted by molar-refractivity contribution is -0.144. The molecule has 0 fully saturated rings. The Morgan fingerprint density at radius 2 is 1.64 bits per heavy atom. The normalized spacial score (nSPS) is 14.2. The predicted molar refractivity (Wildman–Crippen MR) is 82.0 cm³/mol. The minimum atomic E-state index is -5.05. The Morgan fingerprint density at radius 3 is 1.92 bits per heavy atom. The number of nitrogens with one attached hydrogen (secondary N) is 1. The van der Waals surface area contributed by atoms with E-state index in [1.807, 2.05) is 0 Å². The van der Waals surface area contributed by atoms with Crippen LogP contribution in [0, 0.1) is 0 Å². The lowest BCUT2D eigenvalue weighted by Crippen LogP contribution is -2.54. The average molecular weight is 404 g/mol. The van der Waals surface area contributed by atoms with Gasteiger partial charge in [0.1, 0.15) is 5.54 Å². The summed E-state index contributed by atoms with van der Waals surface area (Å²) in [5.41, 5.74) is 1.45. The molecule has 1 aromatic carbocycles. The highest BCUT2D eigenvalue weighted by Crippen LogP contribution is 2.53. The van der Waals surface area contributed by atoms with E-state index in [-0.39, 0.29) is 17.9 Å². The predicted octanol–water partition coefficient (Wildman–Crippen LogP) is -0.865. The number of benzene rings is 1. The molecular formula is C10H18N2O11P2. The van der Waals surface area contributed by atoms with Crippen molar-refractivity contribution < 1.29 is 53.1 Å². The zero-order valence-electron chi connectivity index (χ0n) is 12.7. The second kappa shape index (κ2) is 8.72. The fourth-order valence-corrected chi connectivity index (χ4v) is 2.52. The standard InChI is InChI=1S/C10H14N2O4.H4O7P2/c1-10(12-11,9(15)16)5-6-2-3-7(13)8(14)4-6;1-8(2,3)7-9(4,5)6/h2-4,12-14H,5,11H2,1H3,(H,15,16);(H2,1,2,3)(H2,4,5,6)/t10-;/m0./s1. The molecule has 0 saturated carbocycles. The first kappa shape index (κ1) is 23.5. The highest BCUT2D eigenvalue weighted by atomic mass is 31.3. The van der Waals surface area contributed by atoms with Crippen LogP contribution in [0.2, 0.25) is 0 Å². The summed E-state index contributed by atoms with van der Waals surface area (Å²) in [6.45, 7) is 1.43. The maximum atomic E-state index is 11.0. The van der Waals surface area contributed by atoms with Gasteiger partial charge in [-0.05, 0) is 24.6 Å². The molecule has 1 aromatic rings. The summed E-state index contributed by atoms with van der Waals surface area (Å²) in [4.78, 5) is 42.0. The van der Waals surface area contributed by atoms with Crippen molar-refractivity contribution in [3.8, 4) is 11.5 Å². The van der Waals surface area contributed by atoms with Crippen LogP contribution in [0.1, 0.15) is 12.5 Å². The first-order valence-corrected chi connectivity index (χ1v) is 9.20. The van der Waals surface area contributed by atoms with Crippen LogP contribution in [0.5, 0.6) is 11.5 Å². The number of phenolic OH excluding ortho intramolecular Hbond substituents is 2. The van der Waals surface area contributed by atoms with Crippen molar-refractivity contribution >= 4 is 21.6 Å². The van der Waals surface area contributed by atoms with Gasteiger partial charge in [-0.15, -0.1) is 0 Å². The molecule has 0 aliphatic heterocycles. The molecule has 13 nitrogen and oxygen atoms in total. The molecule has 0 unspecified atom stereocenters. The van der Waals surface area contributed by atoms with Crippen molar-refractivity contribution in [3.63, 3.8) is 0 Å². The molecule has 0 aromatic heterocycles. The van der Waals surface area contributed by atoms with E-state index in [4.69, 9.17) is 35.6 Å². The van der Waals surface area contributed by atoms with Crippen molar-refractivity contribution in [3.05, 3.63) is 23.8 Å². The van der Waals surface area contributed by atoms with Crippen molar-refractivity contribution in [1.29, 1.82) is 0 Å². The molecule has 144 valence electrons. The summed E-state index contributed by atoms with van der Waals surface area (Å²) in [5.74, 6) is 3.55. The quantitative estimate of drug-likeness (QED) is 0.121. The van der Waals surface area contributed by atoms with E-state index in [0.29, 0.717) is 5.56 Å². The summed E-state index contributed by atoms with van der Waals surface area (Å²) < 4.78 is 22.2. The Labute approximate surface area is 141 Å². The minimum absolute atomic E-state index is 0.0900. The van der Waals surface area contributed by atoms with E-state index >= 15 is 0 Å². The smallest absolute Gasteiger partial charge is 0.478 e. The van der Waals surface area contributed by atoms with Gasteiger partial charge in [-0.2, -0.15) is 4.31 Å². The van der Waals surface area contributed by atoms with Crippen LogP contribution in [-0.2, 0) is 24.7 Å². The Hall–Kier alpha value is -1.53. The third-order valence-corrected chi connectivity index (χ3v) is 4.30. The van der Waals surface area contributed by atoms with Crippen LogP contribution in [-0.4, -0.2) is 46.4 Å². The number of phosphoric acid groups is 2. The Morgan fingerprint density at radius 1 is 1.16 bits per heavy atom. The van der Waals surface area contributed by atoms with Crippen molar-refractivity contribution in [2.75, 3.05) is 0 Å². The number of rotatable bonds is 6. The second-order valence-corrected chi connectivity index (χ2v) is 7.46. The summed E-state index contributed by atoms with van der Waals surface area (Å²) in [5, 5.41) is 27.3. The topological polar surface area (TPSA) is 240 Å². The minimum Gasteiger partial charge on any atom is -0.504 e. The van der Waals surface area contributed by atoms with Gasteiger partial charge in [0.05, 0.1) is 0 Å². The number of hydrogen-bond acceptors (Lipinski definition) is 8. The molecule has 0 amide bonds. The summed E-state index contributed by atoms with van der Waals surface area (Å²) >= 11 is 0. The second-order valence-electron chi connectivity index (χ2n) is 4.84. The van der Waals surface area contributed by atoms with Gasteiger partial charge in [0.15, 0.2) is 11.5 Å². The summed E-state index contributed by atoms with van der Waals surface area (Å²) in [6.07, 6.45) is 0.0900. The fraction of sp³-hybridized carbons (Fsp3) is 0.300. The summed E-state index contributed by atoms with van der Waals surface area (Å²) in [7, 11) is -10.1. The number of phenols is 2. The molecule has 10 N–H and O–H groups in total. The molecule has 0 spiro atoms. The number of carboxylic acid groups (broad SMARTS) is 1. The number of nitrogens with two attached hydrogens (primary N) is 1. The molecule has 0 heterocycles.